The first kappa shape index (κ1) is 13.6. The van der Waals surface area contributed by atoms with E-state index in [2.05, 4.69) is 16.9 Å². The van der Waals surface area contributed by atoms with Crippen LogP contribution in [0.25, 0.3) is 0 Å². The minimum absolute atomic E-state index is 0.0991. The molecule has 1 unspecified atom stereocenters. The van der Waals surface area contributed by atoms with E-state index in [0.717, 1.165) is 24.3 Å². The SMILES string of the molecule is CNC(Cn1ccc(=O)cc1)C12CC3CC(CC(C3)C1)C2. The number of rotatable bonds is 4. The van der Waals surface area contributed by atoms with Crippen LogP contribution in [0.3, 0.4) is 0 Å². The summed E-state index contributed by atoms with van der Waals surface area (Å²) in [5.41, 5.74) is 0.606. The van der Waals surface area contributed by atoms with E-state index in [1.165, 1.54) is 38.5 Å². The fraction of sp³-hybridized carbons (Fsp3) is 0.722. The molecule has 3 nitrogen and oxygen atoms in total. The van der Waals surface area contributed by atoms with E-state index in [9.17, 15) is 4.79 Å². The van der Waals surface area contributed by atoms with Crippen molar-refractivity contribution in [3.8, 4) is 0 Å². The highest BCUT2D eigenvalue weighted by Crippen LogP contribution is 2.61. The Labute approximate surface area is 126 Å². The van der Waals surface area contributed by atoms with Crippen molar-refractivity contribution < 1.29 is 0 Å². The Kier molecular flexibility index (Phi) is 3.21. The zero-order chi connectivity index (χ0) is 14.4. The Morgan fingerprint density at radius 1 is 1.14 bits per heavy atom. The molecule has 0 saturated heterocycles. The van der Waals surface area contributed by atoms with Gasteiger partial charge in [0.15, 0.2) is 5.43 Å². The first-order chi connectivity index (χ1) is 10.2. The third-order valence-electron chi connectivity index (χ3n) is 6.43. The summed E-state index contributed by atoms with van der Waals surface area (Å²) in [6.45, 7) is 0.989. The summed E-state index contributed by atoms with van der Waals surface area (Å²) in [5.74, 6) is 2.96. The van der Waals surface area contributed by atoms with Crippen LogP contribution in [0.5, 0.6) is 0 Å². The van der Waals surface area contributed by atoms with Gasteiger partial charge in [-0.1, -0.05) is 0 Å². The molecule has 1 aromatic heterocycles. The van der Waals surface area contributed by atoms with Crippen LogP contribution < -0.4 is 10.7 Å². The Bertz CT molecular complexity index is 521. The molecule has 0 spiro atoms. The molecule has 0 radical (unpaired) electrons. The van der Waals surface area contributed by atoms with Crippen molar-refractivity contribution in [2.45, 2.75) is 51.1 Å². The molecule has 1 atom stereocenters. The van der Waals surface area contributed by atoms with Crippen LogP contribution in [0.4, 0.5) is 0 Å². The molecule has 4 aliphatic carbocycles. The molecule has 1 aromatic rings. The molecular weight excluding hydrogens is 260 g/mol. The maximum absolute atomic E-state index is 11.3. The van der Waals surface area contributed by atoms with E-state index in [4.69, 9.17) is 0 Å². The smallest absolute Gasteiger partial charge is 0.181 e. The lowest BCUT2D eigenvalue weighted by Gasteiger charge is -2.59. The van der Waals surface area contributed by atoms with Crippen molar-refractivity contribution in [3.63, 3.8) is 0 Å². The summed E-state index contributed by atoms with van der Waals surface area (Å²) in [4.78, 5) is 11.3. The number of hydrogen-bond donors (Lipinski definition) is 1. The van der Waals surface area contributed by atoms with Gasteiger partial charge in [0.05, 0.1) is 0 Å². The maximum atomic E-state index is 11.3. The van der Waals surface area contributed by atoms with Crippen molar-refractivity contribution in [1.82, 2.24) is 9.88 Å². The maximum Gasteiger partial charge on any atom is 0.181 e. The van der Waals surface area contributed by atoms with Gasteiger partial charge in [0.2, 0.25) is 0 Å². The second-order valence-corrected chi connectivity index (χ2v) is 7.85. The van der Waals surface area contributed by atoms with E-state index in [-0.39, 0.29) is 5.43 Å². The van der Waals surface area contributed by atoms with Gasteiger partial charge >= 0.3 is 0 Å². The highest BCUT2D eigenvalue weighted by Gasteiger charge is 2.53. The van der Waals surface area contributed by atoms with Crippen LogP contribution in [-0.4, -0.2) is 17.7 Å². The van der Waals surface area contributed by atoms with Gasteiger partial charge in [-0.25, -0.2) is 0 Å². The van der Waals surface area contributed by atoms with Crippen molar-refractivity contribution >= 4 is 0 Å². The minimum Gasteiger partial charge on any atom is -0.352 e. The molecule has 1 N–H and O–H groups in total. The zero-order valence-electron chi connectivity index (χ0n) is 12.9. The number of pyridine rings is 1. The van der Waals surface area contributed by atoms with Crippen LogP contribution in [0.2, 0.25) is 0 Å². The van der Waals surface area contributed by atoms with E-state index < -0.39 is 0 Å². The van der Waals surface area contributed by atoms with Crippen LogP contribution in [0.15, 0.2) is 29.3 Å². The fourth-order valence-electron chi connectivity index (χ4n) is 5.97. The van der Waals surface area contributed by atoms with Crippen molar-refractivity contribution in [2.75, 3.05) is 7.05 Å². The lowest BCUT2D eigenvalue weighted by atomic mass is 9.47. The van der Waals surface area contributed by atoms with Gasteiger partial charge in [-0.05, 0) is 68.7 Å². The first-order valence-electron chi connectivity index (χ1n) is 8.50. The van der Waals surface area contributed by atoms with Crippen LogP contribution >= 0.6 is 0 Å². The van der Waals surface area contributed by atoms with Gasteiger partial charge < -0.3 is 9.88 Å². The van der Waals surface area contributed by atoms with Crippen LogP contribution in [0.1, 0.15) is 38.5 Å². The number of nitrogens with one attached hydrogen (secondary N) is 1. The second-order valence-electron chi connectivity index (χ2n) is 7.85. The molecule has 4 fully saturated rings. The fourth-order valence-corrected chi connectivity index (χ4v) is 5.97. The molecule has 5 rings (SSSR count). The minimum atomic E-state index is 0.0991. The summed E-state index contributed by atoms with van der Waals surface area (Å²) in [7, 11) is 2.12. The summed E-state index contributed by atoms with van der Waals surface area (Å²) in [6.07, 6.45) is 12.6. The van der Waals surface area contributed by atoms with Gasteiger partial charge in [-0.2, -0.15) is 0 Å². The Balaban J connectivity index is 1.57. The predicted octanol–water partition coefficient (Wildman–Crippen LogP) is 2.65. The highest BCUT2D eigenvalue weighted by atomic mass is 16.1. The topological polar surface area (TPSA) is 34.0 Å². The first-order valence-corrected chi connectivity index (χ1v) is 8.50. The average Bonchev–Trinajstić information content (AvgIpc) is 2.45. The van der Waals surface area contributed by atoms with E-state index >= 15 is 0 Å². The van der Waals surface area contributed by atoms with Crippen molar-refractivity contribution in [2.24, 2.45) is 23.2 Å². The Morgan fingerprint density at radius 2 is 1.67 bits per heavy atom. The van der Waals surface area contributed by atoms with Gasteiger partial charge in [-0.15, -0.1) is 0 Å². The third-order valence-corrected chi connectivity index (χ3v) is 6.43. The molecule has 0 aliphatic heterocycles. The molecule has 4 saturated carbocycles. The largest absolute Gasteiger partial charge is 0.352 e. The molecule has 0 amide bonds. The molecule has 1 heterocycles. The third kappa shape index (κ3) is 2.36. The number of aromatic nitrogens is 1. The lowest BCUT2D eigenvalue weighted by Crippen LogP contribution is -2.56. The highest BCUT2D eigenvalue weighted by molar-refractivity contribution is 5.06. The molecule has 3 heteroatoms. The average molecular weight is 286 g/mol. The lowest BCUT2D eigenvalue weighted by molar-refractivity contribution is -0.0754. The normalized spacial score (nSPS) is 38.6. The molecule has 0 aromatic carbocycles. The molecule has 4 bridgehead atoms. The second kappa shape index (κ2) is 4.98. The molecule has 4 aliphatic rings. The Hall–Kier alpha value is -1.09. The Morgan fingerprint density at radius 3 is 2.14 bits per heavy atom. The summed E-state index contributed by atoms with van der Waals surface area (Å²) >= 11 is 0. The van der Waals surface area contributed by atoms with Crippen molar-refractivity contribution in [3.05, 3.63) is 34.7 Å². The van der Waals surface area contributed by atoms with Crippen molar-refractivity contribution in [1.29, 1.82) is 0 Å². The molecule has 114 valence electrons. The molecular formula is C18H26N2O. The van der Waals surface area contributed by atoms with Gasteiger partial charge in [0, 0.05) is 37.1 Å². The standard InChI is InChI=1S/C18H26N2O/c1-19-17(12-20-4-2-16(21)3-5-20)18-9-13-6-14(10-18)8-15(7-13)11-18/h2-5,13-15,17,19H,6-12H2,1H3. The van der Waals surface area contributed by atoms with Gasteiger partial charge in [0.25, 0.3) is 0 Å². The quantitative estimate of drug-likeness (QED) is 0.923. The number of nitrogens with zero attached hydrogens (tertiary/aromatic N) is 1. The predicted molar refractivity (Wildman–Crippen MR) is 84.2 cm³/mol. The van der Waals surface area contributed by atoms with Gasteiger partial charge in [-0.3, -0.25) is 4.79 Å². The zero-order valence-corrected chi connectivity index (χ0v) is 12.9. The van der Waals surface area contributed by atoms with E-state index in [0.29, 0.717) is 11.5 Å². The van der Waals surface area contributed by atoms with E-state index in [1.54, 1.807) is 12.1 Å². The summed E-state index contributed by atoms with van der Waals surface area (Å²) in [5, 5.41) is 3.62. The number of likely N-dealkylation sites (N-methyl/N-ethyl adjacent to an activating group) is 1. The van der Waals surface area contributed by atoms with Crippen LogP contribution in [-0.2, 0) is 6.54 Å². The summed E-state index contributed by atoms with van der Waals surface area (Å²) < 4.78 is 2.18. The number of hydrogen-bond acceptors (Lipinski definition) is 2. The molecule has 21 heavy (non-hydrogen) atoms. The van der Waals surface area contributed by atoms with Gasteiger partial charge in [0.1, 0.15) is 0 Å². The monoisotopic (exact) mass is 286 g/mol. The summed E-state index contributed by atoms with van der Waals surface area (Å²) in [6, 6.07) is 3.88. The van der Waals surface area contributed by atoms with E-state index in [1.807, 2.05) is 12.4 Å². The van der Waals surface area contributed by atoms with Crippen LogP contribution in [0, 0.1) is 23.2 Å².